The predicted octanol–water partition coefficient (Wildman–Crippen LogP) is 6.56. The number of hydrogen-bond acceptors (Lipinski definition) is 6. The van der Waals surface area contributed by atoms with E-state index < -0.39 is 6.10 Å². The first kappa shape index (κ1) is 27.1. The van der Waals surface area contributed by atoms with Gasteiger partial charge in [0.05, 0.1) is 18.0 Å². The molecule has 0 aliphatic rings. The first-order valence-electron chi connectivity index (χ1n) is 12.5. The molecule has 0 bridgehead atoms. The summed E-state index contributed by atoms with van der Waals surface area (Å²) in [5, 5.41) is 18.8. The van der Waals surface area contributed by atoms with Crippen LogP contribution in [0.4, 0.5) is 11.5 Å². The van der Waals surface area contributed by atoms with Gasteiger partial charge in [0.25, 0.3) is 0 Å². The smallest absolute Gasteiger partial charge is 0.388 e. The minimum Gasteiger partial charge on any atom is -0.388 e. The predicted molar refractivity (Wildman–Crippen MR) is 145 cm³/mol. The molecule has 3 rings (SSSR count). The highest BCUT2D eigenvalue weighted by Crippen LogP contribution is 2.35. The van der Waals surface area contributed by atoms with E-state index in [2.05, 4.69) is 37.7 Å². The van der Waals surface area contributed by atoms with Gasteiger partial charge in [-0.25, -0.2) is 9.97 Å². The van der Waals surface area contributed by atoms with Crippen LogP contribution in [0, 0.1) is 22.2 Å². The number of nitrogens with two attached hydrogens (primary N) is 1. The van der Waals surface area contributed by atoms with Crippen molar-refractivity contribution >= 4 is 17.3 Å². The topological polar surface area (TPSA) is 116 Å². The monoisotopic (exact) mass is 488 g/mol. The summed E-state index contributed by atoms with van der Waals surface area (Å²) in [5.74, 6) is 0.236. The molecule has 0 radical (unpaired) electrons. The Labute approximate surface area is 213 Å². The van der Waals surface area contributed by atoms with E-state index in [0.717, 1.165) is 29.5 Å². The molecule has 2 atom stereocenters. The fraction of sp³-hybridized carbons (Fsp3) is 0.414. The fourth-order valence-electron chi connectivity index (χ4n) is 4.28. The maximum Gasteiger partial charge on any atom is 0.388 e. The molecule has 0 saturated heterocycles. The molecule has 2 aromatic carbocycles. The van der Waals surface area contributed by atoms with Crippen LogP contribution in [0.2, 0.25) is 0 Å². The molecule has 0 aliphatic heterocycles. The number of aliphatic hydroxyl groups is 1. The normalized spacial score (nSPS) is 13.4. The average Bonchev–Trinajstić information content (AvgIpc) is 2.88. The van der Waals surface area contributed by atoms with Crippen LogP contribution in [0.1, 0.15) is 77.3 Å². The number of aromatic nitrogens is 2. The van der Waals surface area contributed by atoms with Gasteiger partial charge in [-0.3, -0.25) is 0 Å². The summed E-state index contributed by atoms with van der Waals surface area (Å²) in [6.07, 6.45) is 3.21. The van der Waals surface area contributed by atoms with Gasteiger partial charge in [-0.05, 0) is 40.5 Å². The molecular formula is C29H38N5O2+. The number of anilines is 1. The van der Waals surface area contributed by atoms with Gasteiger partial charge in [-0.1, -0.05) is 101 Å². The molecule has 0 amide bonds. The third-order valence-corrected chi connectivity index (χ3v) is 7.21. The van der Waals surface area contributed by atoms with E-state index >= 15 is 0 Å². The second kappa shape index (κ2) is 11.1. The maximum atomic E-state index is 13.1. The van der Waals surface area contributed by atoms with Crippen molar-refractivity contribution in [2.75, 3.05) is 5.73 Å². The Hall–Kier alpha value is -3.45. The summed E-state index contributed by atoms with van der Waals surface area (Å²) in [6.45, 7) is 12.8. The standard InChI is InChI=1S/C29H38N5O2/c1-7-8-19(4)29(5,6)22-13-15-23(16-14-22)34(36)28(31)25-27(30)32-17-24(33-25)20-9-11-21(12-10-20)26(35)18(2)3/h9-19,26,31,35H,7-8H2,1-6H3,(H2,30,32)/q+1. The lowest BCUT2D eigenvalue weighted by Crippen LogP contribution is -2.26. The van der Waals surface area contributed by atoms with Gasteiger partial charge in [0.1, 0.15) is 0 Å². The van der Waals surface area contributed by atoms with Gasteiger partial charge in [0.15, 0.2) is 11.5 Å². The number of rotatable bonds is 9. The zero-order valence-corrected chi connectivity index (χ0v) is 22.1. The molecule has 4 N–H and O–H groups in total. The van der Waals surface area contributed by atoms with Crippen molar-refractivity contribution in [2.24, 2.45) is 11.8 Å². The Morgan fingerprint density at radius 1 is 1.08 bits per heavy atom. The van der Waals surface area contributed by atoms with Crippen molar-refractivity contribution in [3.05, 3.63) is 76.5 Å². The third-order valence-electron chi connectivity index (χ3n) is 7.21. The highest BCUT2D eigenvalue weighted by atomic mass is 16.3. The van der Waals surface area contributed by atoms with E-state index in [1.807, 2.05) is 50.2 Å². The van der Waals surface area contributed by atoms with Crippen LogP contribution in [0.15, 0.2) is 54.7 Å². The molecule has 1 aromatic heterocycles. The lowest BCUT2D eigenvalue weighted by atomic mass is 9.72. The molecule has 0 saturated carbocycles. The summed E-state index contributed by atoms with van der Waals surface area (Å²) in [7, 11) is 0. The van der Waals surface area contributed by atoms with Crippen molar-refractivity contribution in [3.63, 3.8) is 0 Å². The molecule has 0 fully saturated rings. The van der Waals surface area contributed by atoms with Crippen LogP contribution in [0.25, 0.3) is 11.3 Å². The average molecular weight is 489 g/mol. The Bertz CT molecular complexity index is 1220. The molecule has 0 spiro atoms. The zero-order chi connectivity index (χ0) is 26.6. The number of nitrogens with one attached hydrogen (secondary N) is 1. The van der Waals surface area contributed by atoms with E-state index in [9.17, 15) is 10.0 Å². The highest BCUT2D eigenvalue weighted by Gasteiger charge is 2.29. The number of nitrogens with zero attached hydrogens (tertiary/aromatic N) is 3. The Balaban J connectivity index is 1.84. The van der Waals surface area contributed by atoms with Crippen molar-refractivity contribution < 1.29 is 9.87 Å². The molecule has 190 valence electrons. The summed E-state index contributed by atoms with van der Waals surface area (Å²) in [6, 6.07) is 14.7. The zero-order valence-electron chi connectivity index (χ0n) is 22.1. The van der Waals surface area contributed by atoms with Crippen LogP contribution in [0.3, 0.4) is 0 Å². The van der Waals surface area contributed by atoms with Crippen LogP contribution in [-0.2, 0) is 5.41 Å². The first-order chi connectivity index (χ1) is 17.0. The summed E-state index contributed by atoms with van der Waals surface area (Å²) < 4.78 is 0.526. The number of hydrogen-bond donors (Lipinski definition) is 3. The molecule has 3 aromatic rings. The van der Waals surface area contributed by atoms with Crippen molar-refractivity contribution in [3.8, 4) is 11.3 Å². The van der Waals surface area contributed by atoms with Crippen LogP contribution >= 0.6 is 0 Å². The first-order valence-corrected chi connectivity index (χ1v) is 12.5. The second-order valence-corrected chi connectivity index (χ2v) is 10.4. The number of nitrogen functional groups attached to an aromatic ring is 1. The van der Waals surface area contributed by atoms with Gasteiger partial charge in [-0.2, -0.15) is 0 Å². The van der Waals surface area contributed by atoms with E-state index in [1.54, 1.807) is 12.1 Å². The van der Waals surface area contributed by atoms with Crippen LogP contribution in [0.5, 0.6) is 0 Å². The number of nitroso groups, excluding NO2 is 1. The van der Waals surface area contributed by atoms with Crippen molar-refractivity contribution in [2.45, 2.75) is 65.9 Å². The molecule has 36 heavy (non-hydrogen) atoms. The summed E-state index contributed by atoms with van der Waals surface area (Å²) >= 11 is 0. The maximum absolute atomic E-state index is 13.1. The number of benzene rings is 2. The Morgan fingerprint density at radius 3 is 2.25 bits per heavy atom. The van der Waals surface area contributed by atoms with E-state index in [0.29, 0.717) is 22.1 Å². The SMILES string of the molecule is CCCC(C)C(C)(C)c1ccc([N+](=O)C(=N)c2nc(-c3ccc(C(O)C(C)C)cc3)cnc2N)cc1. The lowest BCUT2D eigenvalue weighted by molar-refractivity contribution is -0.331. The van der Waals surface area contributed by atoms with Crippen LogP contribution < -0.4 is 5.73 Å². The molecule has 2 unspecified atom stereocenters. The van der Waals surface area contributed by atoms with Gasteiger partial charge in [0.2, 0.25) is 5.69 Å². The van der Waals surface area contributed by atoms with Gasteiger partial charge < -0.3 is 10.8 Å². The second-order valence-electron chi connectivity index (χ2n) is 10.4. The number of aliphatic hydroxyl groups excluding tert-OH is 1. The Morgan fingerprint density at radius 2 is 1.69 bits per heavy atom. The molecule has 7 heteroatoms. The minimum absolute atomic E-state index is 0.0163. The van der Waals surface area contributed by atoms with Gasteiger partial charge >= 0.3 is 5.84 Å². The summed E-state index contributed by atoms with van der Waals surface area (Å²) in [4.78, 5) is 21.7. The molecule has 7 nitrogen and oxygen atoms in total. The van der Waals surface area contributed by atoms with Gasteiger partial charge in [-0.15, -0.1) is 0 Å². The highest BCUT2D eigenvalue weighted by molar-refractivity contribution is 5.94. The fourth-order valence-corrected chi connectivity index (χ4v) is 4.28. The van der Waals surface area contributed by atoms with E-state index in [-0.39, 0.29) is 28.7 Å². The molecule has 1 heterocycles. The van der Waals surface area contributed by atoms with Gasteiger partial charge in [0, 0.05) is 10.3 Å². The van der Waals surface area contributed by atoms with Crippen molar-refractivity contribution in [1.29, 1.82) is 5.41 Å². The third kappa shape index (κ3) is 5.68. The van der Waals surface area contributed by atoms with Crippen molar-refractivity contribution in [1.82, 2.24) is 9.97 Å². The van der Waals surface area contributed by atoms with E-state index in [1.165, 1.54) is 6.20 Å². The molecule has 0 aliphatic carbocycles. The van der Waals surface area contributed by atoms with E-state index in [4.69, 9.17) is 11.1 Å². The quantitative estimate of drug-likeness (QED) is 0.179. The lowest BCUT2D eigenvalue weighted by Gasteiger charge is -2.32. The number of amidine groups is 1. The molecular weight excluding hydrogens is 450 g/mol. The summed E-state index contributed by atoms with van der Waals surface area (Å²) in [5.41, 5.74) is 9.55. The minimum atomic E-state index is -0.555. The Kier molecular flexibility index (Phi) is 8.35. The largest absolute Gasteiger partial charge is 0.388 e. The van der Waals surface area contributed by atoms with Crippen LogP contribution in [-0.4, -0.2) is 25.7 Å².